The van der Waals surface area contributed by atoms with Gasteiger partial charge in [-0.2, -0.15) is 0 Å². The van der Waals surface area contributed by atoms with Gasteiger partial charge in [0.15, 0.2) is 4.30 Å². The fourth-order valence-electron chi connectivity index (χ4n) is 4.41. The van der Waals surface area contributed by atoms with Gasteiger partial charge < -0.3 is 0 Å². The first kappa shape index (κ1) is 43.1. The third kappa shape index (κ3) is 18.3. The van der Waals surface area contributed by atoms with Crippen molar-refractivity contribution < 1.29 is 42.3 Å². The average molecular weight is 838 g/mol. The van der Waals surface area contributed by atoms with Gasteiger partial charge >= 0.3 is 50.1 Å². The van der Waals surface area contributed by atoms with Crippen molar-refractivity contribution in [3.8, 4) is 0 Å². The van der Waals surface area contributed by atoms with Crippen LogP contribution in [0.25, 0.3) is 0 Å². The molecule has 0 N–H and O–H groups in total. The van der Waals surface area contributed by atoms with Gasteiger partial charge in [-0.15, -0.1) is 0 Å². The molecule has 0 fully saturated rings. The molecule has 0 amide bonds. The third-order valence-electron chi connectivity index (χ3n) is 6.14. The van der Waals surface area contributed by atoms with Crippen LogP contribution in [-0.4, -0.2) is 19.2 Å². The molecule has 0 unspecified atom stereocenters. The molecule has 15 heteroatoms. The quantitative estimate of drug-likeness (QED) is 0.0726. The van der Waals surface area contributed by atoms with Crippen LogP contribution >= 0.6 is 50.5 Å². The second kappa shape index (κ2) is 19.5. The van der Waals surface area contributed by atoms with Crippen molar-refractivity contribution in [1.29, 1.82) is 0 Å². The predicted molar refractivity (Wildman–Crippen MR) is 195 cm³/mol. The summed E-state index contributed by atoms with van der Waals surface area (Å²) in [6.45, 7) is 0. The standard InChI is InChI=1S/C18H15P.C16H13N3.CHCl3.Cu.F6P/c1-4-10-16(11-5-1)19(17-12-6-2-7-13-17)18-14-8-3-9-15-18;1-4-10-17-13(7-1)16(14-8-2-5-11-18-14)15-9-3-6-12-19-15;2-1(3)4;;1-7(2,3,4,5)6/h1-15H;1-12,16H;1H;;/q;;;+1;-1/p+1. The van der Waals surface area contributed by atoms with Crippen LogP contribution in [-0.2, 0) is 17.1 Å². The Bertz CT molecular complexity index is 1470. The number of alkyl halides is 3. The number of benzene rings is 3. The van der Waals surface area contributed by atoms with Gasteiger partial charge in [-0.05, 0) is 72.8 Å². The molecule has 3 aromatic carbocycles. The molecule has 0 aliphatic rings. The number of pyridine rings is 3. The van der Waals surface area contributed by atoms with Crippen LogP contribution in [0.15, 0.2) is 164 Å². The van der Waals surface area contributed by atoms with Crippen molar-refractivity contribution in [2.45, 2.75) is 10.2 Å². The van der Waals surface area contributed by atoms with Crippen molar-refractivity contribution in [3.05, 3.63) is 181 Å². The van der Waals surface area contributed by atoms with Crippen LogP contribution in [0.3, 0.4) is 0 Å². The van der Waals surface area contributed by atoms with Gasteiger partial charge in [0.05, 0.1) is 30.9 Å². The van der Waals surface area contributed by atoms with Crippen LogP contribution in [0.5, 0.6) is 0 Å². The van der Waals surface area contributed by atoms with Crippen molar-refractivity contribution in [3.63, 3.8) is 0 Å². The Balaban J connectivity index is 0.000000265. The van der Waals surface area contributed by atoms with E-state index < -0.39 is 20.0 Å². The molecule has 3 heterocycles. The van der Waals surface area contributed by atoms with Crippen molar-refractivity contribution in [2.75, 3.05) is 0 Å². The van der Waals surface area contributed by atoms with Crippen molar-refractivity contribution in [2.24, 2.45) is 0 Å². The Morgan fingerprint density at radius 1 is 0.420 bits per heavy atom. The summed E-state index contributed by atoms with van der Waals surface area (Å²) in [5.41, 5.74) is 2.87. The van der Waals surface area contributed by atoms with E-state index in [1.807, 2.05) is 54.6 Å². The Morgan fingerprint density at radius 2 is 0.640 bits per heavy atom. The Morgan fingerprint density at radius 3 is 0.840 bits per heavy atom. The molecule has 6 aromatic rings. The number of halogens is 9. The fourth-order valence-corrected chi connectivity index (χ4v) is 6.99. The summed E-state index contributed by atoms with van der Waals surface area (Å²) in [6, 6.07) is 50.2. The van der Waals surface area contributed by atoms with Crippen LogP contribution < -0.4 is 15.9 Å². The SMILES string of the molecule is ClC(Cl)Cl.F[P-](F)(F)(F)(F)F.[Cu+].c1ccc(C(c2ccccn2)c2ccccn2)nc1.c1ccc([PH+](c2ccccc2)c2ccccc2)cc1. The van der Waals surface area contributed by atoms with Gasteiger partial charge in [0.2, 0.25) is 0 Å². The zero-order valence-electron chi connectivity index (χ0n) is 25.7. The van der Waals surface area contributed by atoms with Crippen LogP contribution in [0.2, 0.25) is 0 Å². The van der Waals surface area contributed by atoms with E-state index in [1.54, 1.807) is 18.6 Å². The minimum absolute atomic E-state index is 0. The van der Waals surface area contributed by atoms with Crippen LogP contribution in [0.4, 0.5) is 25.2 Å². The maximum atomic E-state index is 9.87. The molecule has 50 heavy (non-hydrogen) atoms. The van der Waals surface area contributed by atoms with E-state index in [9.17, 15) is 25.2 Å². The summed E-state index contributed by atoms with van der Waals surface area (Å²) in [5, 5.41) is 4.31. The summed E-state index contributed by atoms with van der Waals surface area (Å²) < 4.78 is 58.4. The molecular formula is C35H30Cl3CuF6N3P2+. The largest absolute Gasteiger partial charge is 1.00 e. The molecule has 268 valence electrons. The topological polar surface area (TPSA) is 38.7 Å². The molecule has 0 radical (unpaired) electrons. The maximum Gasteiger partial charge on any atom is 1.00 e. The van der Waals surface area contributed by atoms with Gasteiger partial charge in [0, 0.05) is 18.6 Å². The first-order valence-corrected chi connectivity index (χ1v) is 19.2. The normalized spacial score (nSPS) is 12.0. The molecule has 0 spiro atoms. The molecule has 0 saturated carbocycles. The minimum Gasteiger partial charge on any atom is -0.260 e. The Hall–Kier alpha value is -3.06. The maximum absolute atomic E-state index is 10.7. The third-order valence-corrected chi connectivity index (χ3v) is 8.87. The number of hydrogen-bond acceptors (Lipinski definition) is 3. The van der Waals surface area contributed by atoms with Gasteiger partial charge in [-0.1, -0.05) is 108 Å². The van der Waals surface area contributed by atoms with Crippen LogP contribution in [0.1, 0.15) is 23.0 Å². The van der Waals surface area contributed by atoms with Gasteiger partial charge in [-0.25, -0.2) is 0 Å². The molecule has 3 nitrogen and oxygen atoms in total. The van der Waals surface area contributed by atoms with E-state index in [0.717, 1.165) is 17.1 Å². The molecular weight excluding hydrogens is 808 g/mol. The molecule has 0 bridgehead atoms. The molecule has 3 aromatic heterocycles. The van der Waals surface area contributed by atoms with Gasteiger partial charge in [0.1, 0.15) is 15.9 Å². The fraction of sp³-hybridized carbons (Fsp3) is 0.0571. The van der Waals surface area contributed by atoms with Gasteiger partial charge in [0.25, 0.3) is 0 Å². The number of aromatic nitrogens is 3. The summed E-state index contributed by atoms with van der Waals surface area (Å²) in [5.74, 6) is -0.0244. The summed E-state index contributed by atoms with van der Waals surface area (Å²) in [6.07, 6.45) is 5.40. The van der Waals surface area contributed by atoms with Crippen molar-refractivity contribution in [1.82, 2.24) is 15.0 Å². The van der Waals surface area contributed by atoms with E-state index in [-0.39, 0.29) is 23.0 Å². The predicted octanol–water partition coefficient (Wildman–Crippen LogP) is 11.6. The molecule has 0 atom stereocenters. The zero-order valence-corrected chi connectivity index (χ0v) is 30.8. The number of nitrogens with zero attached hydrogens (tertiary/aromatic N) is 3. The van der Waals surface area contributed by atoms with E-state index >= 15 is 0 Å². The molecule has 0 aliphatic heterocycles. The smallest absolute Gasteiger partial charge is 0.260 e. The molecule has 6 rings (SSSR count). The summed E-state index contributed by atoms with van der Waals surface area (Å²) in [7, 11) is -11.5. The van der Waals surface area contributed by atoms with E-state index in [2.05, 4.69) is 106 Å². The summed E-state index contributed by atoms with van der Waals surface area (Å²) >= 11 is 14.4. The van der Waals surface area contributed by atoms with E-state index in [0.29, 0.717) is 0 Å². The molecule has 0 saturated heterocycles. The number of hydrogen-bond donors (Lipinski definition) is 0. The molecule has 0 aliphatic carbocycles. The van der Waals surface area contributed by atoms with Crippen molar-refractivity contribution >= 4 is 66.4 Å². The second-order valence-corrected chi connectivity index (χ2v) is 16.3. The Kier molecular flexibility index (Phi) is 16.8. The minimum atomic E-state index is -10.7. The second-order valence-electron chi connectivity index (χ2n) is 9.88. The monoisotopic (exact) mass is 836 g/mol. The zero-order chi connectivity index (χ0) is 35.8. The summed E-state index contributed by atoms with van der Waals surface area (Å²) in [4.78, 5) is 13.4. The van der Waals surface area contributed by atoms with E-state index in [4.69, 9.17) is 34.8 Å². The number of rotatable bonds is 6. The van der Waals surface area contributed by atoms with E-state index in [1.165, 1.54) is 15.9 Å². The first-order valence-electron chi connectivity index (χ1n) is 14.3. The average Bonchev–Trinajstić information content (AvgIpc) is 3.07. The first-order chi connectivity index (χ1) is 23.1. The van der Waals surface area contributed by atoms with Crippen LogP contribution in [0, 0.1) is 0 Å². The van der Waals surface area contributed by atoms with Gasteiger partial charge in [-0.3, -0.25) is 15.0 Å². The Labute approximate surface area is 313 Å².